The number of sulfonamides is 1. The van der Waals surface area contributed by atoms with E-state index in [9.17, 15) is 13.2 Å². The Bertz CT molecular complexity index is 893. The Kier molecular flexibility index (Phi) is 5.82. The molecule has 0 aliphatic carbocycles. The number of hydrogen-bond donors (Lipinski definition) is 1. The van der Waals surface area contributed by atoms with E-state index in [0.717, 1.165) is 17.7 Å². The van der Waals surface area contributed by atoms with Crippen molar-refractivity contribution in [1.82, 2.24) is 4.72 Å². The Morgan fingerprint density at radius 3 is 2.37 bits per heavy atom. The van der Waals surface area contributed by atoms with Crippen molar-refractivity contribution in [1.29, 1.82) is 0 Å². The van der Waals surface area contributed by atoms with Crippen molar-refractivity contribution in [3.8, 4) is 5.75 Å². The summed E-state index contributed by atoms with van der Waals surface area (Å²) in [5.41, 5.74) is 1.86. The quantitative estimate of drug-likeness (QED) is 0.791. The second kappa shape index (κ2) is 8.10. The van der Waals surface area contributed by atoms with Gasteiger partial charge in [-0.3, -0.25) is 4.79 Å². The number of benzene rings is 2. The molecular formula is C20H24N2O4S. The number of hydrogen-bond acceptors (Lipinski definition) is 4. The van der Waals surface area contributed by atoms with Crippen LogP contribution in [0.1, 0.15) is 25.3 Å². The lowest BCUT2D eigenvalue weighted by Crippen LogP contribution is -2.36. The topological polar surface area (TPSA) is 75.7 Å². The van der Waals surface area contributed by atoms with Gasteiger partial charge in [0.25, 0.3) is 0 Å². The molecule has 1 heterocycles. The van der Waals surface area contributed by atoms with E-state index in [2.05, 4.69) is 4.72 Å². The molecule has 0 bridgehead atoms. The number of carbonyl (C=O) groups is 1. The predicted molar refractivity (Wildman–Crippen MR) is 104 cm³/mol. The highest BCUT2D eigenvalue weighted by Crippen LogP contribution is 2.23. The Hall–Kier alpha value is -2.38. The van der Waals surface area contributed by atoms with Crippen LogP contribution < -0.4 is 14.4 Å². The average Bonchev–Trinajstić information content (AvgIpc) is 3.07. The van der Waals surface area contributed by atoms with Crippen LogP contribution in [0.5, 0.6) is 5.75 Å². The lowest BCUT2D eigenvalue weighted by atomic mass is 10.2. The van der Waals surface area contributed by atoms with Gasteiger partial charge in [0, 0.05) is 18.7 Å². The monoisotopic (exact) mass is 388 g/mol. The van der Waals surface area contributed by atoms with Gasteiger partial charge in [0.15, 0.2) is 0 Å². The summed E-state index contributed by atoms with van der Waals surface area (Å²) in [5.74, 6) is 0.775. The average molecular weight is 388 g/mol. The first-order valence-electron chi connectivity index (χ1n) is 8.97. The molecule has 0 radical (unpaired) electrons. The Balaban J connectivity index is 1.60. The van der Waals surface area contributed by atoms with E-state index in [1.807, 2.05) is 31.2 Å². The highest BCUT2D eigenvalue weighted by molar-refractivity contribution is 7.89. The highest BCUT2D eigenvalue weighted by Gasteiger charge is 2.23. The minimum atomic E-state index is -3.66. The molecule has 0 saturated carbocycles. The normalized spacial score (nSPS) is 15.8. The number of carbonyl (C=O) groups excluding carboxylic acids is 1. The molecule has 1 aliphatic heterocycles. The summed E-state index contributed by atoms with van der Waals surface area (Å²) in [4.78, 5) is 13.6. The molecule has 0 aromatic heterocycles. The van der Waals surface area contributed by atoms with Crippen molar-refractivity contribution in [2.45, 2.75) is 37.6 Å². The first-order chi connectivity index (χ1) is 12.8. The zero-order valence-electron chi connectivity index (χ0n) is 15.5. The maximum atomic E-state index is 12.5. The zero-order valence-corrected chi connectivity index (χ0v) is 16.3. The molecule has 2 aromatic rings. The van der Waals surface area contributed by atoms with Crippen LogP contribution in [-0.2, 0) is 14.8 Å². The van der Waals surface area contributed by atoms with E-state index in [1.165, 1.54) is 12.1 Å². The van der Waals surface area contributed by atoms with Crippen molar-refractivity contribution in [2.75, 3.05) is 18.1 Å². The molecule has 6 nitrogen and oxygen atoms in total. The van der Waals surface area contributed by atoms with Gasteiger partial charge in [0.2, 0.25) is 15.9 Å². The maximum Gasteiger partial charge on any atom is 0.240 e. The lowest BCUT2D eigenvalue weighted by molar-refractivity contribution is -0.117. The Morgan fingerprint density at radius 1 is 1.11 bits per heavy atom. The standard InChI is InChI=1S/C20H24N2O4S/c1-15-5-9-18(10-6-15)26-14-16(2)21-27(24,25)19-11-7-17(8-12-19)22-13-3-4-20(22)23/h5-12,16,21H,3-4,13-14H2,1-2H3. The molecule has 1 saturated heterocycles. The van der Waals surface area contributed by atoms with Crippen LogP contribution in [0, 0.1) is 6.92 Å². The smallest absolute Gasteiger partial charge is 0.240 e. The first-order valence-corrected chi connectivity index (χ1v) is 10.5. The van der Waals surface area contributed by atoms with Gasteiger partial charge in [-0.25, -0.2) is 13.1 Å². The molecular weight excluding hydrogens is 364 g/mol. The minimum Gasteiger partial charge on any atom is -0.492 e. The van der Waals surface area contributed by atoms with Crippen LogP contribution in [0.25, 0.3) is 0 Å². The molecule has 1 atom stereocenters. The van der Waals surface area contributed by atoms with E-state index in [-0.39, 0.29) is 17.4 Å². The van der Waals surface area contributed by atoms with Gasteiger partial charge in [0.1, 0.15) is 12.4 Å². The van der Waals surface area contributed by atoms with Crippen molar-refractivity contribution in [3.63, 3.8) is 0 Å². The molecule has 144 valence electrons. The third-order valence-corrected chi connectivity index (χ3v) is 6.01. The number of anilines is 1. The molecule has 7 heteroatoms. The molecule has 1 fully saturated rings. The van der Waals surface area contributed by atoms with Gasteiger partial charge >= 0.3 is 0 Å². The molecule has 0 spiro atoms. The molecule has 1 aliphatic rings. The third kappa shape index (κ3) is 4.87. The van der Waals surface area contributed by atoms with Crippen molar-refractivity contribution in [3.05, 3.63) is 54.1 Å². The largest absolute Gasteiger partial charge is 0.492 e. The first kappa shape index (κ1) is 19.4. The molecule has 3 rings (SSSR count). The number of rotatable bonds is 7. The summed E-state index contributed by atoms with van der Waals surface area (Å²) >= 11 is 0. The van der Waals surface area contributed by atoms with Gasteiger partial charge in [-0.15, -0.1) is 0 Å². The van der Waals surface area contributed by atoms with Gasteiger partial charge in [-0.05, 0) is 56.7 Å². The van der Waals surface area contributed by atoms with Gasteiger partial charge in [-0.1, -0.05) is 17.7 Å². The number of nitrogens with one attached hydrogen (secondary N) is 1. The van der Waals surface area contributed by atoms with Gasteiger partial charge in [0.05, 0.1) is 10.9 Å². The lowest BCUT2D eigenvalue weighted by Gasteiger charge is -2.17. The number of ether oxygens (including phenoxy) is 1. The van der Waals surface area contributed by atoms with Crippen LogP contribution in [-0.4, -0.2) is 33.5 Å². The molecule has 27 heavy (non-hydrogen) atoms. The number of nitrogens with zero attached hydrogens (tertiary/aromatic N) is 1. The predicted octanol–water partition coefficient (Wildman–Crippen LogP) is 2.87. The van der Waals surface area contributed by atoms with E-state index in [0.29, 0.717) is 18.7 Å². The Labute approximate surface area is 160 Å². The van der Waals surface area contributed by atoms with Crippen LogP contribution in [0.15, 0.2) is 53.4 Å². The third-order valence-electron chi connectivity index (χ3n) is 4.41. The second-order valence-electron chi connectivity index (χ2n) is 6.79. The fourth-order valence-corrected chi connectivity index (χ4v) is 4.18. The fourth-order valence-electron chi connectivity index (χ4n) is 2.95. The molecule has 1 N–H and O–H groups in total. The van der Waals surface area contributed by atoms with Crippen LogP contribution in [0.2, 0.25) is 0 Å². The summed E-state index contributed by atoms with van der Waals surface area (Å²) in [7, 11) is -3.66. The fraction of sp³-hybridized carbons (Fsp3) is 0.350. The van der Waals surface area contributed by atoms with Crippen molar-refractivity contribution < 1.29 is 17.9 Å². The Morgan fingerprint density at radius 2 is 1.78 bits per heavy atom. The van der Waals surface area contributed by atoms with Crippen molar-refractivity contribution in [2.24, 2.45) is 0 Å². The van der Waals surface area contributed by atoms with Gasteiger partial charge < -0.3 is 9.64 Å². The summed E-state index contributed by atoms with van der Waals surface area (Å²) < 4.78 is 33.3. The number of amides is 1. The van der Waals surface area contributed by atoms with E-state index in [1.54, 1.807) is 24.0 Å². The summed E-state index contributed by atoms with van der Waals surface area (Å²) in [6.45, 7) is 4.65. The highest BCUT2D eigenvalue weighted by atomic mass is 32.2. The maximum absolute atomic E-state index is 12.5. The second-order valence-corrected chi connectivity index (χ2v) is 8.50. The minimum absolute atomic E-state index is 0.0746. The summed E-state index contributed by atoms with van der Waals surface area (Å²) in [6.07, 6.45) is 1.37. The molecule has 2 aromatic carbocycles. The van der Waals surface area contributed by atoms with Crippen LogP contribution in [0.3, 0.4) is 0 Å². The zero-order chi connectivity index (χ0) is 19.4. The van der Waals surface area contributed by atoms with Crippen LogP contribution in [0.4, 0.5) is 5.69 Å². The molecule has 1 amide bonds. The van der Waals surface area contributed by atoms with E-state index in [4.69, 9.17) is 4.74 Å². The van der Waals surface area contributed by atoms with E-state index >= 15 is 0 Å². The SMILES string of the molecule is Cc1ccc(OCC(C)NS(=O)(=O)c2ccc(N3CCCC3=O)cc2)cc1. The summed E-state index contributed by atoms with van der Waals surface area (Å²) in [5, 5.41) is 0. The summed E-state index contributed by atoms with van der Waals surface area (Å²) in [6, 6.07) is 13.6. The van der Waals surface area contributed by atoms with Crippen LogP contribution >= 0.6 is 0 Å². The molecule has 1 unspecified atom stereocenters. The van der Waals surface area contributed by atoms with Crippen molar-refractivity contribution >= 4 is 21.6 Å². The van der Waals surface area contributed by atoms with Gasteiger partial charge in [-0.2, -0.15) is 0 Å². The van der Waals surface area contributed by atoms with E-state index < -0.39 is 16.1 Å². The number of aryl methyl sites for hydroxylation is 1.